The number of hydrogen-bond acceptors (Lipinski definition) is 10. The lowest BCUT2D eigenvalue weighted by atomic mass is 9.76. The lowest BCUT2D eigenvalue weighted by Gasteiger charge is -2.33. The zero-order valence-electron chi connectivity index (χ0n) is 31.5. The molecule has 3 aromatic carbocycles. The van der Waals surface area contributed by atoms with Crippen molar-refractivity contribution in [3.8, 4) is 11.4 Å². The summed E-state index contributed by atoms with van der Waals surface area (Å²) in [5, 5.41) is 12.3. The summed E-state index contributed by atoms with van der Waals surface area (Å²) in [6.45, 7) is 10.9. The van der Waals surface area contributed by atoms with E-state index in [4.69, 9.17) is 14.5 Å². The monoisotopic (exact) mass is 720 g/mol. The second-order valence-electron chi connectivity index (χ2n) is 14.4. The fraction of sp³-hybridized carbons (Fsp3) is 0.475. The highest BCUT2D eigenvalue weighted by molar-refractivity contribution is 5.98. The van der Waals surface area contributed by atoms with E-state index < -0.39 is 0 Å². The molecule has 2 aliphatic heterocycles. The van der Waals surface area contributed by atoms with Crippen LogP contribution in [0.1, 0.15) is 47.9 Å². The van der Waals surface area contributed by atoms with Gasteiger partial charge in [0.05, 0.1) is 42.5 Å². The summed E-state index contributed by atoms with van der Waals surface area (Å²) in [7, 11) is 5.55. The fourth-order valence-corrected chi connectivity index (χ4v) is 7.97. The molecule has 2 fully saturated rings. The van der Waals surface area contributed by atoms with Crippen LogP contribution in [0.2, 0.25) is 0 Å². The molecule has 2 aromatic heterocycles. The van der Waals surface area contributed by atoms with Gasteiger partial charge in [0.1, 0.15) is 5.75 Å². The zero-order chi connectivity index (χ0) is 36.8. The molecule has 2 aliphatic rings. The Kier molecular flexibility index (Phi) is 11.3. The SMILES string of the molecule is CCOCCn1c(N2CCCN(CCC3(c4ccccc4)CCN(C(=O)c4cc(-n5nnnc5CN(C)C)ccc4OC)C3)CC2)nc2ccccc21. The highest BCUT2D eigenvalue weighted by Crippen LogP contribution is 2.39. The summed E-state index contributed by atoms with van der Waals surface area (Å²) in [6, 6.07) is 24.7. The number of ether oxygens (including phenoxy) is 2. The van der Waals surface area contributed by atoms with Gasteiger partial charge in [-0.2, -0.15) is 4.68 Å². The first-order valence-corrected chi connectivity index (χ1v) is 18.8. The smallest absolute Gasteiger partial charge is 0.257 e. The maximum atomic E-state index is 14.4. The first-order valence-electron chi connectivity index (χ1n) is 18.8. The van der Waals surface area contributed by atoms with Crippen LogP contribution in [0.15, 0.2) is 72.8 Å². The van der Waals surface area contributed by atoms with Gasteiger partial charge >= 0.3 is 0 Å². The topological polar surface area (TPSA) is 110 Å². The molecule has 0 saturated carbocycles. The van der Waals surface area contributed by atoms with Gasteiger partial charge in [-0.1, -0.05) is 42.5 Å². The van der Waals surface area contributed by atoms with Crippen molar-refractivity contribution in [1.29, 1.82) is 0 Å². The number of carbonyl (C=O) groups is 1. The number of benzene rings is 3. The Bertz CT molecular complexity index is 1980. The van der Waals surface area contributed by atoms with Gasteiger partial charge in [-0.05, 0) is 99.7 Å². The minimum Gasteiger partial charge on any atom is -0.496 e. The molecule has 1 atom stereocenters. The van der Waals surface area contributed by atoms with Crippen LogP contribution < -0.4 is 9.64 Å². The van der Waals surface area contributed by atoms with Gasteiger partial charge in [0, 0.05) is 51.3 Å². The molecule has 4 heterocycles. The number of methoxy groups -OCH3 is 1. The number of imidazole rings is 1. The summed E-state index contributed by atoms with van der Waals surface area (Å²) >= 11 is 0. The first kappa shape index (κ1) is 36.5. The molecule has 0 aliphatic carbocycles. The summed E-state index contributed by atoms with van der Waals surface area (Å²) < 4.78 is 15.5. The molecule has 0 radical (unpaired) electrons. The van der Waals surface area contributed by atoms with Crippen molar-refractivity contribution in [2.45, 2.75) is 44.7 Å². The maximum Gasteiger partial charge on any atom is 0.257 e. The molecule has 13 nitrogen and oxygen atoms in total. The Morgan fingerprint density at radius 1 is 0.943 bits per heavy atom. The van der Waals surface area contributed by atoms with Gasteiger partial charge in [0.2, 0.25) is 5.95 Å². The third-order valence-electron chi connectivity index (χ3n) is 10.8. The van der Waals surface area contributed by atoms with Crippen LogP contribution >= 0.6 is 0 Å². The summed E-state index contributed by atoms with van der Waals surface area (Å²) in [5.41, 5.74) is 4.55. The van der Waals surface area contributed by atoms with E-state index in [0.717, 1.165) is 81.2 Å². The second kappa shape index (κ2) is 16.4. The van der Waals surface area contributed by atoms with E-state index in [9.17, 15) is 4.79 Å². The number of nitrogens with zero attached hydrogens (tertiary/aromatic N) is 10. The standard InChI is InChI=1S/C40H52N10O3/c1-5-53-27-26-49-35-15-10-9-14-34(35)41-39(49)47-21-11-20-46(24-25-47)22-18-40(31-12-7-6-8-13-31)19-23-48(30-40)38(51)33-28-32(16-17-36(33)52-4)50-37(29-45(2)3)42-43-44-50/h6-10,12-17,28H,5,11,18-27,29-30H2,1-4H3. The van der Waals surface area contributed by atoms with Gasteiger partial charge in [-0.25, -0.2) is 4.98 Å². The van der Waals surface area contributed by atoms with E-state index in [-0.39, 0.29) is 11.3 Å². The molecule has 0 bridgehead atoms. The van der Waals surface area contributed by atoms with Crippen LogP contribution in [0.3, 0.4) is 0 Å². The molecule has 1 amide bonds. The molecule has 53 heavy (non-hydrogen) atoms. The average Bonchev–Trinajstić information content (AvgIpc) is 3.88. The summed E-state index contributed by atoms with van der Waals surface area (Å²) in [5.74, 6) is 2.23. The van der Waals surface area contributed by atoms with Gasteiger partial charge in [-0.3, -0.25) is 4.79 Å². The Morgan fingerprint density at radius 2 is 1.77 bits per heavy atom. The molecular weight excluding hydrogens is 669 g/mol. The molecule has 0 N–H and O–H groups in total. The zero-order valence-corrected chi connectivity index (χ0v) is 31.5. The van der Waals surface area contributed by atoms with Gasteiger partial charge < -0.3 is 33.6 Å². The molecule has 0 spiro atoms. The highest BCUT2D eigenvalue weighted by Gasteiger charge is 2.42. The number of fused-ring (bicyclic) bond motifs is 1. The minimum absolute atomic E-state index is 0.0404. The van der Waals surface area contributed by atoms with E-state index in [1.165, 1.54) is 5.56 Å². The summed E-state index contributed by atoms with van der Waals surface area (Å²) in [6.07, 6.45) is 2.92. The van der Waals surface area contributed by atoms with E-state index in [1.807, 2.05) is 49.0 Å². The molecule has 1 unspecified atom stereocenters. The van der Waals surface area contributed by atoms with Crippen LogP contribution in [0, 0.1) is 0 Å². The molecule has 7 rings (SSSR count). The van der Waals surface area contributed by atoms with Crippen molar-refractivity contribution >= 4 is 22.9 Å². The van der Waals surface area contributed by atoms with Gasteiger partial charge in [0.15, 0.2) is 5.82 Å². The van der Waals surface area contributed by atoms with Crippen molar-refractivity contribution in [1.82, 2.24) is 44.5 Å². The fourth-order valence-electron chi connectivity index (χ4n) is 7.97. The lowest BCUT2D eigenvalue weighted by Crippen LogP contribution is -2.39. The highest BCUT2D eigenvalue weighted by atomic mass is 16.5. The number of para-hydroxylation sites is 2. The Balaban J connectivity index is 1.07. The predicted molar refractivity (Wildman–Crippen MR) is 206 cm³/mol. The normalized spacial score (nSPS) is 18.3. The number of amides is 1. The van der Waals surface area contributed by atoms with E-state index in [2.05, 4.69) is 84.5 Å². The first-order chi connectivity index (χ1) is 25.9. The van der Waals surface area contributed by atoms with Crippen LogP contribution in [0.25, 0.3) is 16.7 Å². The second-order valence-corrected chi connectivity index (χ2v) is 14.4. The largest absolute Gasteiger partial charge is 0.496 e. The van der Waals surface area contributed by atoms with Crippen LogP contribution in [0.5, 0.6) is 5.75 Å². The van der Waals surface area contributed by atoms with E-state index in [1.54, 1.807) is 11.8 Å². The van der Waals surface area contributed by atoms with Gasteiger partial charge in [0.25, 0.3) is 5.91 Å². The van der Waals surface area contributed by atoms with E-state index in [0.29, 0.717) is 50.0 Å². The third-order valence-corrected chi connectivity index (χ3v) is 10.8. The predicted octanol–water partition coefficient (Wildman–Crippen LogP) is 4.51. The Hall–Kier alpha value is -4.85. The number of rotatable bonds is 14. The van der Waals surface area contributed by atoms with Crippen molar-refractivity contribution in [3.63, 3.8) is 0 Å². The minimum atomic E-state index is -0.157. The number of aromatic nitrogens is 6. The number of likely N-dealkylation sites (tertiary alicyclic amines) is 1. The molecule has 13 heteroatoms. The van der Waals surface area contributed by atoms with Crippen molar-refractivity contribution < 1.29 is 14.3 Å². The molecule has 5 aromatic rings. The van der Waals surface area contributed by atoms with Crippen LogP contribution in [-0.2, 0) is 23.2 Å². The number of hydrogen-bond donors (Lipinski definition) is 0. The quantitative estimate of drug-likeness (QED) is 0.152. The van der Waals surface area contributed by atoms with Crippen LogP contribution in [-0.4, -0.2) is 131 Å². The number of tetrazole rings is 1. The van der Waals surface area contributed by atoms with Gasteiger partial charge in [-0.15, -0.1) is 5.10 Å². The average molecular weight is 721 g/mol. The van der Waals surface area contributed by atoms with E-state index >= 15 is 0 Å². The number of anilines is 1. The third kappa shape index (κ3) is 7.92. The molecule has 280 valence electrons. The van der Waals surface area contributed by atoms with Crippen molar-refractivity contribution in [2.24, 2.45) is 0 Å². The Labute approximate surface area is 312 Å². The van der Waals surface area contributed by atoms with Crippen molar-refractivity contribution in [3.05, 3.63) is 89.7 Å². The molecule has 2 saturated heterocycles. The molecular formula is C40H52N10O3. The van der Waals surface area contributed by atoms with Crippen molar-refractivity contribution in [2.75, 3.05) is 85.1 Å². The van der Waals surface area contributed by atoms with Crippen LogP contribution in [0.4, 0.5) is 5.95 Å². The lowest BCUT2D eigenvalue weighted by molar-refractivity contribution is 0.0777. The Morgan fingerprint density at radius 3 is 2.58 bits per heavy atom. The summed E-state index contributed by atoms with van der Waals surface area (Å²) in [4.78, 5) is 28.5. The maximum absolute atomic E-state index is 14.4. The number of carbonyl (C=O) groups excluding carboxylic acids is 1.